The van der Waals surface area contributed by atoms with E-state index >= 15 is 0 Å². The van der Waals surface area contributed by atoms with Crippen molar-refractivity contribution in [1.29, 1.82) is 0 Å². The van der Waals surface area contributed by atoms with Crippen molar-refractivity contribution in [2.24, 2.45) is 0 Å². The summed E-state index contributed by atoms with van der Waals surface area (Å²) in [6.07, 6.45) is 0. The topological polar surface area (TPSA) is 50.8 Å². The molecule has 0 bridgehead atoms. The highest BCUT2D eigenvalue weighted by Gasteiger charge is 2.17. The zero-order valence-electron chi connectivity index (χ0n) is 13.6. The van der Waals surface area contributed by atoms with Gasteiger partial charge in [0.25, 0.3) is 0 Å². The van der Waals surface area contributed by atoms with Crippen LogP contribution in [0.15, 0.2) is 18.2 Å². The molecule has 0 heterocycles. The molecule has 0 fully saturated rings. The number of amides is 1. The fourth-order valence-corrected chi connectivity index (χ4v) is 2.04. The summed E-state index contributed by atoms with van der Waals surface area (Å²) in [6.45, 7) is 7.60. The first-order valence-corrected chi connectivity index (χ1v) is 7.32. The van der Waals surface area contributed by atoms with Gasteiger partial charge in [-0.3, -0.25) is 4.79 Å². The summed E-state index contributed by atoms with van der Waals surface area (Å²) in [7, 11) is 3.43. The van der Waals surface area contributed by atoms with E-state index < -0.39 is 0 Å². The van der Waals surface area contributed by atoms with Crippen molar-refractivity contribution in [3.63, 3.8) is 0 Å². The van der Waals surface area contributed by atoms with Crippen LogP contribution in [0, 0.1) is 0 Å². The van der Waals surface area contributed by atoms with Gasteiger partial charge < -0.3 is 19.7 Å². The first-order valence-electron chi connectivity index (χ1n) is 7.32. The molecule has 21 heavy (non-hydrogen) atoms. The zero-order valence-corrected chi connectivity index (χ0v) is 13.6. The van der Waals surface area contributed by atoms with E-state index in [1.807, 2.05) is 39.0 Å². The Morgan fingerprint density at radius 3 is 2.67 bits per heavy atom. The van der Waals surface area contributed by atoms with Gasteiger partial charge in [0.15, 0.2) is 11.5 Å². The Morgan fingerprint density at radius 1 is 1.38 bits per heavy atom. The molecule has 0 saturated heterocycles. The molecule has 0 aliphatic carbocycles. The maximum absolute atomic E-state index is 12.0. The van der Waals surface area contributed by atoms with Crippen LogP contribution < -0.4 is 14.8 Å². The van der Waals surface area contributed by atoms with Crippen molar-refractivity contribution in [3.05, 3.63) is 23.8 Å². The molecule has 1 N–H and O–H groups in total. The second-order valence-corrected chi connectivity index (χ2v) is 4.84. The van der Waals surface area contributed by atoms with Gasteiger partial charge in [-0.2, -0.15) is 0 Å². The largest absolute Gasteiger partial charge is 0.493 e. The summed E-state index contributed by atoms with van der Waals surface area (Å²) in [5.74, 6) is 1.52. The summed E-state index contributed by atoms with van der Waals surface area (Å²) in [5.41, 5.74) is 0.974. The molecule has 5 nitrogen and oxygen atoms in total. The SMILES string of the molecule is CCOc1cccc(CNC(C)C(=O)N(C)CC)c1OC. The minimum Gasteiger partial charge on any atom is -0.493 e. The minimum absolute atomic E-state index is 0.0810. The Morgan fingerprint density at radius 2 is 2.10 bits per heavy atom. The van der Waals surface area contributed by atoms with E-state index in [-0.39, 0.29) is 11.9 Å². The number of nitrogens with one attached hydrogen (secondary N) is 1. The van der Waals surface area contributed by atoms with Crippen LogP contribution in [0.2, 0.25) is 0 Å². The van der Waals surface area contributed by atoms with Gasteiger partial charge in [-0.25, -0.2) is 0 Å². The lowest BCUT2D eigenvalue weighted by molar-refractivity contribution is -0.131. The molecular weight excluding hydrogens is 268 g/mol. The first-order chi connectivity index (χ1) is 10.0. The van der Waals surface area contributed by atoms with Crippen LogP contribution in [-0.4, -0.2) is 44.2 Å². The Hall–Kier alpha value is -1.75. The number of ether oxygens (including phenoxy) is 2. The third-order valence-electron chi connectivity index (χ3n) is 3.38. The fraction of sp³-hybridized carbons (Fsp3) is 0.562. The molecule has 0 aromatic heterocycles. The van der Waals surface area contributed by atoms with E-state index in [0.717, 1.165) is 17.1 Å². The minimum atomic E-state index is -0.240. The Kier molecular flexibility index (Phi) is 7.02. The molecule has 5 heteroatoms. The van der Waals surface area contributed by atoms with Gasteiger partial charge in [-0.15, -0.1) is 0 Å². The van der Waals surface area contributed by atoms with Crippen molar-refractivity contribution in [2.75, 3.05) is 27.3 Å². The van der Waals surface area contributed by atoms with Gasteiger partial charge in [0.1, 0.15) is 0 Å². The molecular formula is C16H26N2O3. The summed E-state index contributed by atoms with van der Waals surface area (Å²) < 4.78 is 11.0. The summed E-state index contributed by atoms with van der Waals surface area (Å²) in [6, 6.07) is 5.53. The average Bonchev–Trinajstić information content (AvgIpc) is 2.51. The lowest BCUT2D eigenvalue weighted by Gasteiger charge is -2.21. The molecule has 1 unspecified atom stereocenters. The van der Waals surface area contributed by atoms with E-state index in [9.17, 15) is 4.79 Å². The molecule has 1 amide bonds. The molecule has 0 aliphatic heterocycles. The number of hydrogen-bond donors (Lipinski definition) is 1. The van der Waals surface area contributed by atoms with Crippen LogP contribution in [0.3, 0.4) is 0 Å². The smallest absolute Gasteiger partial charge is 0.239 e. The van der Waals surface area contributed by atoms with Crippen LogP contribution in [0.4, 0.5) is 0 Å². The van der Waals surface area contributed by atoms with Crippen LogP contribution >= 0.6 is 0 Å². The molecule has 0 aliphatic rings. The predicted molar refractivity (Wildman–Crippen MR) is 83.8 cm³/mol. The van der Waals surface area contributed by atoms with Crippen molar-refractivity contribution < 1.29 is 14.3 Å². The van der Waals surface area contributed by atoms with Crippen molar-refractivity contribution in [1.82, 2.24) is 10.2 Å². The van der Waals surface area contributed by atoms with Crippen molar-refractivity contribution >= 4 is 5.91 Å². The number of carbonyl (C=O) groups is 1. The second-order valence-electron chi connectivity index (χ2n) is 4.84. The predicted octanol–water partition coefficient (Wildman–Crippen LogP) is 2.05. The second kappa shape index (κ2) is 8.52. The van der Waals surface area contributed by atoms with Crippen LogP contribution in [-0.2, 0) is 11.3 Å². The number of benzene rings is 1. The number of rotatable bonds is 8. The summed E-state index contributed by atoms with van der Waals surface area (Å²) in [4.78, 5) is 13.7. The highest BCUT2D eigenvalue weighted by Crippen LogP contribution is 2.30. The van der Waals surface area contributed by atoms with Gasteiger partial charge >= 0.3 is 0 Å². The molecule has 0 spiro atoms. The number of hydrogen-bond acceptors (Lipinski definition) is 4. The van der Waals surface area contributed by atoms with Gasteiger partial charge in [0.2, 0.25) is 5.91 Å². The van der Waals surface area contributed by atoms with E-state index in [2.05, 4.69) is 5.32 Å². The first kappa shape index (κ1) is 17.3. The van der Waals surface area contributed by atoms with Gasteiger partial charge in [0.05, 0.1) is 19.8 Å². The molecule has 0 saturated carbocycles. The Labute approximate surface area is 127 Å². The number of para-hydroxylation sites is 1. The Bertz CT molecular complexity index is 463. The molecule has 118 valence electrons. The number of carbonyl (C=O) groups excluding carboxylic acids is 1. The maximum Gasteiger partial charge on any atom is 0.239 e. The van der Waals surface area contributed by atoms with Gasteiger partial charge in [-0.1, -0.05) is 12.1 Å². The highest BCUT2D eigenvalue weighted by atomic mass is 16.5. The van der Waals surface area contributed by atoms with E-state index in [4.69, 9.17) is 9.47 Å². The van der Waals surface area contributed by atoms with Crippen molar-refractivity contribution in [3.8, 4) is 11.5 Å². The third-order valence-corrected chi connectivity index (χ3v) is 3.38. The van der Waals surface area contributed by atoms with Crippen LogP contribution in [0.5, 0.6) is 11.5 Å². The standard InChI is InChI=1S/C16H26N2O3/c1-6-18(4)16(19)12(3)17-11-13-9-8-10-14(21-7-2)15(13)20-5/h8-10,12,17H,6-7,11H2,1-5H3. The average molecular weight is 294 g/mol. The van der Waals surface area contributed by atoms with Gasteiger partial charge in [0, 0.05) is 25.7 Å². The summed E-state index contributed by atoms with van der Waals surface area (Å²) >= 11 is 0. The zero-order chi connectivity index (χ0) is 15.8. The lowest BCUT2D eigenvalue weighted by Crippen LogP contribution is -2.42. The molecule has 0 radical (unpaired) electrons. The number of likely N-dealkylation sites (N-methyl/N-ethyl adjacent to an activating group) is 1. The third kappa shape index (κ3) is 4.63. The molecule has 1 aromatic rings. The fourth-order valence-electron chi connectivity index (χ4n) is 2.04. The quantitative estimate of drug-likeness (QED) is 0.797. The summed E-state index contributed by atoms with van der Waals surface area (Å²) in [5, 5.41) is 3.23. The van der Waals surface area contributed by atoms with Crippen molar-refractivity contribution in [2.45, 2.75) is 33.4 Å². The van der Waals surface area contributed by atoms with Crippen LogP contribution in [0.1, 0.15) is 26.3 Å². The molecule has 1 aromatic carbocycles. The van der Waals surface area contributed by atoms with E-state index in [1.54, 1.807) is 19.1 Å². The lowest BCUT2D eigenvalue weighted by atomic mass is 10.1. The monoisotopic (exact) mass is 294 g/mol. The van der Waals surface area contributed by atoms with E-state index in [1.165, 1.54) is 0 Å². The Balaban J connectivity index is 2.75. The maximum atomic E-state index is 12.0. The molecule has 1 atom stereocenters. The number of nitrogens with zero attached hydrogens (tertiary/aromatic N) is 1. The number of methoxy groups -OCH3 is 1. The highest BCUT2D eigenvalue weighted by molar-refractivity contribution is 5.81. The van der Waals surface area contributed by atoms with Crippen LogP contribution in [0.25, 0.3) is 0 Å². The van der Waals surface area contributed by atoms with E-state index in [0.29, 0.717) is 19.7 Å². The normalized spacial score (nSPS) is 11.9. The molecule has 1 rings (SSSR count). The van der Waals surface area contributed by atoms with Gasteiger partial charge in [-0.05, 0) is 26.8 Å².